The number of carbonyl (C=O) groups is 2. The van der Waals surface area contributed by atoms with E-state index in [1.54, 1.807) is 36.9 Å². The number of aliphatic hydroxyl groups excluding tert-OH is 1. The molecule has 0 saturated heterocycles. The maximum atomic E-state index is 13.7. The van der Waals surface area contributed by atoms with E-state index in [0.717, 1.165) is 25.7 Å². The van der Waals surface area contributed by atoms with Gasteiger partial charge in [0.2, 0.25) is 0 Å². The first kappa shape index (κ1) is 29.7. The number of rotatable bonds is 8. The summed E-state index contributed by atoms with van der Waals surface area (Å²) in [4.78, 5) is 33.7. The molecule has 0 radical (unpaired) electrons. The normalized spacial score (nSPS) is 21.0. The number of nitrogens with zero attached hydrogens (tertiary/aromatic N) is 4. The summed E-state index contributed by atoms with van der Waals surface area (Å²) in [6.07, 6.45) is 7.68. The van der Waals surface area contributed by atoms with E-state index in [9.17, 15) is 23.1 Å². The number of likely N-dealkylation sites (N-methyl/N-ethyl adjacent to an activating group) is 1. The first-order valence-electron chi connectivity index (χ1n) is 13.7. The summed E-state index contributed by atoms with van der Waals surface area (Å²) >= 11 is 0. The third kappa shape index (κ3) is 6.87. The van der Waals surface area contributed by atoms with Gasteiger partial charge in [-0.25, -0.2) is 9.78 Å². The van der Waals surface area contributed by atoms with Crippen molar-refractivity contribution in [1.29, 1.82) is 0 Å². The van der Waals surface area contributed by atoms with Gasteiger partial charge in [-0.1, -0.05) is 26.2 Å². The number of hydrogen-bond donors (Lipinski definition) is 3. The molecule has 0 spiro atoms. The van der Waals surface area contributed by atoms with Crippen LogP contribution in [0.1, 0.15) is 56.3 Å². The molecule has 40 heavy (non-hydrogen) atoms. The fraction of sp³-hybridized carbons (Fsp3) is 0.593. The number of carbonyl (C=O) groups excluding carboxylic acids is 2. The zero-order chi connectivity index (χ0) is 29.0. The number of aryl methyl sites for hydroxylation is 1. The number of ether oxygens (including phenoxy) is 1. The van der Waals surface area contributed by atoms with Gasteiger partial charge in [-0.15, -0.1) is 0 Å². The maximum absolute atomic E-state index is 13.7. The van der Waals surface area contributed by atoms with Crippen molar-refractivity contribution in [2.45, 2.75) is 69.2 Å². The second kappa shape index (κ2) is 12.5. The molecule has 220 valence electrons. The van der Waals surface area contributed by atoms with Crippen LogP contribution in [0.15, 0.2) is 35.7 Å². The molecule has 0 unspecified atom stereocenters. The summed E-state index contributed by atoms with van der Waals surface area (Å²) < 4.78 is 36.0. The zero-order valence-electron chi connectivity index (χ0n) is 23.5. The lowest BCUT2D eigenvalue weighted by Crippen LogP contribution is -2.52. The number of anilines is 1. The molecule has 1 aliphatic carbocycles. The van der Waals surface area contributed by atoms with Crippen molar-refractivity contribution in [1.82, 2.24) is 24.7 Å². The molecule has 0 bridgehead atoms. The Bertz CT molecular complexity index is 1310. The molecule has 1 aliphatic heterocycles. The highest BCUT2D eigenvalue weighted by molar-refractivity contribution is 7.92. The van der Waals surface area contributed by atoms with Crippen LogP contribution < -0.4 is 14.8 Å². The summed E-state index contributed by atoms with van der Waals surface area (Å²) in [5.74, 6) is -0.277. The molecule has 1 fully saturated rings. The highest BCUT2D eigenvalue weighted by Gasteiger charge is 2.34. The average Bonchev–Trinajstić information content (AvgIpc) is 3.38. The van der Waals surface area contributed by atoms with Gasteiger partial charge >= 0.3 is 6.03 Å². The number of fused-ring (bicyclic) bond motifs is 1. The van der Waals surface area contributed by atoms with Gasteiger partial charge in [0.05, 0.1) is 31.1 Å². The van der Waals surface area contributed by atoms with E-state index in [4.69, 9.17) is 4.74 Å². The molecule has 3 N–H and O–H groups in total. The topological polar surface area (TPSA) is 146 Å². The number of aliphatic hydroxyl groups is 1. The molecule has 3 amide bonds. The molecule has 2 aliphatic rings. The lowest BCUT2D eigenvalue weighted by atomic mass is 9.96. The second-order valence-corrected chi connectivity index (χ2v) is 12.6. The highest BCUT2D eigenvalue weighted by Crippen LogP contribution is 2.31. The number of sulfonamides is 1. The van der Waals surface area contributed by atoms with Crippen molar-refractivity contribution in [3.63, 3.8) is 0 Å². The summed E-state index contributed by atoms with van der Waals surface area (Å²) in [6, 6.07) is 4.03. The van der Waals surface area contributed by atoms with Crippen LogP contribution in [0.3, 0.4) is 0 Å². The summed E-state index contributed by atoms with van der Waals surface area (Å²) in [7, 11) is -0.593. The van der Waals surface area contributed by atoms with Crippen LogP contribution in [0.25, 0.3) is 0 Å². The van der Waals surface area contributed by atoms with Gasteiger partial charge in [0.1, 0.15) is 11.9 Å². The van der Waals surface area contributed by atoms with E-state index in [0.29, 0.717) is 0 Å². The standard InChI is InChI=1S/C27H40N6O6S/c1-18-13-33(19(2)16-34)26(35)22-12-21(30-40(37,38)25-15-31(3)17-28-25)10-11-23(22)39-24(18)14-32(4)27(36)29-20-8-6-5-7-9-20/h10-12,15,17-20,24,30,34H,5-9,13-14,16H2,1-4H3,(H,29,36)/t18-,19-,24+/m0/s1. The van der Waals surface area contributed by atoms with E-state index >= 15 is 0 Å². The van der Waals surface area contributed by atoms with Gasteiger partial charge in [-0.05, 0) is 38.0 Å². The number of imidazole rings is 1. The Kier molecular flexibility index (Phi) is 9.24. The van der Waals surface area contributed by atoms with E-state index in [1.807, 2.05) is 6.92 Å². The van der Waals surface area contributed by atoms with Crippen molar-refractivity contribution in [2.75, 3.05) is 31.5 Å². The number of urea groups is 1. The lowest BCUT2D eigenvalue weighted by molar-refractivity contribution is 0.0366. The minimum absolute atomic E-state index is 0.150. The average molecular weight is 577 g/mol. The minimum atomic E-state index is -3.98. The van der Waals surface area contributed by atoms with Gasteiger partial charge in [-0.2, -0.15) is 8.42 Å². The molecule has 13 heteroatoms. The molecular formula is C27H40N6O6S. The summed E-state index contributed by atoms with van der Waals surface area (Å²) in [5.41, 5.74) is 0.333. The number of benzene rings is 1. The molecule has 1 aromatic heterocycles. The maximum Gasteiger partial charge on any atom is 0.317 e. The molecule has 1 saturated carbocycles. The largest absolute Gasteiger partial charge is 0.487 e. The van der Waals surface area contributed by atoms with Gasteiger partial charge in [-0.3, -0.25) is 9.52 Å². The van der Waals surface area contributed by atoms with Crippen molar-refractivity contribution in [2.24, 2.45) is 13.0 Å². The van der Waals surface area contributed by atoms with Gasteiger partial charge in [0, 0.05) is 44.5 Å². The van der Waals surface area contributed by atoms with Crippen molar-refractivity contribution >= 4 is 27.6 Å². The lowest BCUT2D eigenvalue weighted by Gasteiger charge is -2.38. The van der Waals surface area contributed by atoms with Crippen LogP contribution in [0, 0.1) is 5.92 Å². The van der Waals surface area contributed by atoms with Gasteiger partial charge < -0.3 is 29.5 Å². The predicted octanol–water partition coefficient (Wildman–Crippen LogP) is 2.42. The van der Waals surface area contributed by atoms with E-state index < -0.39 is 22.2 Å². The summed E-state index contributed by atoms with van der Waals surface area (Å²) in [5, 5.41) is 12.9. The molecule has 2 aromatic rings. The number of nitrogens with one attached hydrogen (secondary N) is 2. The SMILES string of the molecule is C[C@H]1CN([C@@H](C)CO)C(=O)c2cc(NS(=O)(=O)c3cn(C)cn3)ccc2O[C@@H]1CN(C)C(=O)NC1CCCCC1. The molecule has 1 aromatic carbocycles. The molecular weight excluding hydrogens is 536 g/mol. The Hall–Kier alpha value is -3.32. The smallest absolute Gasteiger partial charge is 0.317 e. The number of hydrogen-bond acceptors (Lipinski definition) is 7. The van der Waals surface area contributed by atoms with Crippen LogP contribution in [0.5, 0.6) is 5.75 Å². The Morgan fingerprint density at radius 2 is 2.00 bits per heavy atom. The Morgan fingerprint density at radius 1 is 1.27 bits per heavy atom. The third-order valence-corrected chi connectivity index (χ3v) is 8.87. The second-order valence-electron chi connectivity index (χ2n) is 11.0. The van der Waals surface area contributed by atoms with Crippen molar-refractivity contribution in [3.05, 3.63) is 36.3 Å². The first-order chi connectivity index (χ1) is 19.0. The van der Waals surface area contributed by atoms with Crippen LogP contribution in [0.4, 0.5) is 10.5 Å². The fourth-order valence-corrected chi connectivity index (χ4v) is 6.16. The van der Waals surface area contributed by atoms with E-state index in [1.165, 1.54) is 35.6 Å². The summed E-state index contributed by atoms with van der Waals surface area (Å²) in [6.45, 7) is 4.02. The van der Waals surface area contributed by atoms with E-state index in [-0.39, 0.29) is 65.6 Å². The monoisotopic (exact) mass is 576 g/mol. The van der Waals surface area contributed by atoms with Crippen molar-refractivity contribution in [3.8, 4) is 5.75 Å². The minimum Gasteiger partial charge on any atom is -0.487 e. The zero-order valence-corrected chi connectivity index (χ0v) is 24.4. The van der Waals surface area contributed by atoms with Gasteiger partial charge in [0.15, 0.2) is 5.03 Å². The first-order valence-corrected chi connectivity index (χ1v) is 15.2. The number of amides is 3. The Morgan fingerprint density at radius 3 is 2.65 bits per heavy atom. The Labute approximate surface area is 235 Å². The number of aromatic nitrogens is 2. The van der Waals surface area contributed by atoms with Crippen LogP contribution in [-0.2, 0) is 17.1 Å². The molecule has 3 atom stereocenters. The molecule has 2 heterocycles. The highest BCUT2D eigenvalue weighted by atomic mass is 32.2. The quantitative estimate of drug-likeness (QED) is 0.437. The molecule has 4 rings (SSSR count). The predicted molar refractivity (Wildman–Crippen MR) is 150 cm³/mol. The van der Waals surface area contributed by atoms with E-state index in [2.05, 4.69) is 15.0 Å². The molecule has 12 nitrogen and oxygen atoms in total. The Balaban J connectivity index is 1.59. The van der Waals surface area contributed by atoms with Crippen LogP contribution in [0.2, 0.25) is 0 Å². The van der Waals surface area contributed by atoms with Crippen molar-refractivity contribution < 1.29 is 27.9 Å². The third-order valence-electron chi connectivity index (χ3n) is 7.61. The van der Waals surface area contributed by atoms with Crippen LogP contribution >= 0.6 is 0 Å². The fourth-order valence-electron chi connectivity index (χ4n) is 5.12. The van der Waals surface area contributed by atoms with Gasteiger partial charge in [0.25, 0.3) is 15.9 Å². The van der Waals surface area contributed by atoms with Crippen LogP contribution in [-0.4, -0.2) is 89.7 Å².